The van der Waals surface area contributed by atoms with E-state index in [0.29, 0.717) is 5.92 Å². The molecule has 4 rings (SSSR count). The highest BCUT2D eigenvalue weighted by atomic mass is 16.5. The van der Waals surface area contributed by atoms with Crippen LogP contribution in [0.2, 0.25) is 0 Å². The summed E-state index contributed by atoms with van der Waals surface area (Å²) in [6, 6.07) is 4.05. The van der Waals surface area contributed by atoms with Gasteiger partial charge in [-0.25, -0.2) is 9.97 Å². The van der Waals surface area contributed by atoms with Gasteiger partial charge in [-0.2, -0.15) is 0 Å². The summed E-state index contributed by atoms with van der Waals surface area (Å²) >= 11 is 0. The number of pyridine rings is 2. The summed E-state index contributed by atoms with van der Waals surface area (Å²) in [6.45, 7) is 0. The van der Waals surface area contributed by atoms with E-state index in [1.165, 1.54) is 32.1 Å². The van der Waals surface area contributed by atoms with Crippen molar-refractivity contribution in [2.75, 3.05) is 12.4 Å². The zero-order valence-corrected chi connectivity index (χ0v) is 14.7. The zero-order chi connectivity index (χ0) is 17.2. The maximum atomic E-state index is 5.60. The number of aryl methyl sites for hydroxylation is 1. The van der Waals surface area contributed by atoms with Gasteiger partial charge in [0.05, 0.1) is 31.3 Å². The molecular formula is C19H23N5O. The highest BCUT2D eigenvalue weighted by Gasteiger charge is 2.18. The van der Waals surface area contributed by atoms with E-state index >= 15 is 0 Å². The van der Waals surface area contributed by atoms with E-state index in [9.17, 15) is 0 Å². The van der Waals surface area contributed by atoms with Crippen molar-refractivity contribution in [1.29, 1.82) is 0 Å². The van der Waals surface area contributed by atoms with Crippen LogP contribution in [0.15, 0.2) is 30.9 Å². The summed E-state index contributed by atoms with van der Waals surface area (Å²) in [6.07, 6.45) is 11.8. The lowest BCUT2D eigenvalue weighted by molar-refractivity contribution is 0.408. The number of ether oxygens (including phenoxy) is 1. The molecule has 6 nitrogen and oxygen atoms in total. The van der Waals surface area contributed by atoms with Gasteiger partial charge in [-0.1, -0.05) is 19.3 Å². The maximum absolute atomic E-state index is 5.60. The molecule has 0 aromatic carbocycles. The highest BCUT2D eigenvalue weighted by Crippen LogP contribution is 2.35. The summed E-state index contributed by atoms with van der Waals surface area (Å²) < 4.78 is 7.57. The normalized spacial score (nSPS) is 15.4. The van der Waals surface area contributed by atoms with Gasteiger partial charge in [0.2, 0.25) is 0 Å². The molecule has 1 fully saturated rings. The smallest absolute Gasteiger partial charge is 0.145 e. The van der Waals surface area contributed by atoms with Gasteiger partial charge in [0.1, 0.15) is 22.8 Å². The molecule has 0 aliphatic heterocycles. The lowest BCUT2D eigenvalue weighted by Gasteiger charge is -2.22. The summed E-state index contributed by atoms with van der Waals surface area (Å²) in [5.41, 5.74) is 3.88. The monoisotopic (exact) mass is 337 g/mol. The number of fused-ring (bicyclic) bond motifs is 1. The number of rotatable bonds is 4. The van der Waals surface area contributed by atoms with Gasteiger partial charge in [-0.3, -0.25) is 4.98 Å². The molecule has 0 radical (unpaired) electrons. The van der Waals surface area contributed by atoms with Crippen LogP contribution in [-0.4, -0.2) is 26.6 Å². The number of anilines is 2. The summed E-state index contributed by atoms with van der Waals surface area (Å²) in [4.78, 5) is 13.4. The molecule has 1 saturated carbocycles. The SMILES string of the molecule is COc1cc(C2CCCCC2)ncc1Nc1cc2c(cn1)ncn2C. The number of nitrogens with one attached hydrogen (secondary N) is 1. The van der Waals surface area contributed by atoms with E-state index in [1.807, 2.05) is 23.9 Å². The Morgan fingerprint density at radius 3 is 2.72 bits per heavy atom. The zero-order valence-electron chi connectivity index (χ0n) is 14.7. The molecule has 3 aromatic rings. The lowest BCUT2D eigenvalue weighted by Crippen LogP contribution is -2.07. The lowest BCUT2D eigenvalue weighted by atomic mass is 9.86. The standard InChI is InChI=1S/C19H23N5O/c1-24-12-22-15-10-21-19(9-17(15)24)23-16-11-20-14(8-18(16)25-2)13-6-4-3-5-7-13/h8-13H,3-7H2,1-2H3,(H,21,23). The average Bonchev–Trinajstić information content (AvgIpc) is 3.03. The molecule has 0 spiro atoms. The molecule has 25 heavy (non-hydrogen) atoms. The fourth-order valence-electron chi connectivity index (χ4n) is 3.57. The van der Waals surface area contributed by atoms with Crippen LogP contribution in [0.5, 0.6) is 5.75 Å². The highest BCUT2D eigenvalue weighted by molar-refractivity contribution is 5.78. The van der Waals surface area contributed by atoms with Gasteiger partial charge in [0, 0.05) is 30.8 Å². The second-order valence-corrected chi connectivity index (χ2v) is 6.68. The Morgan fingerprint density at radius 1 is 1.08 bits per heavy atom. The van der Waals surface area contributed by atoms with E-state index in [2.05, 4.69) is 26.3 Å². The summed E-state index contributed by atoms with van der Waals surface area (Å²) in [5.74, 6) is 2.12. The molecule has 0 atom stereocenters. The Hall–Kier alpha value is -2.63. The van der Waals surface area contributed by atoms with Crippen molar-refractivity contribution >= 4 is 22.5 Å². The molecule has 0 unspecified atom stereocenters. The first-order chi connectivity index (χ1) is 12.2. The molecular weight excluding hydrogens is 314 g/mol. The van der Waals surface area contributed by atoms with E-state index in [4.69, 9.17) is 4.74 Å². The molecule has 130 valence electrons. The van der Waals surface area contributed by atoms with Crippen LogP contribution < -0.4 is 10.1 Å². The summed E-state index contributed by atoms with van der Waals surface area (Å²) in [7, 11) is 3.67. The van der Waals surface area contributed by atoms with Crippen LogP contribution in [0.1, 0.15) is 43.7 Å². The molecule has 3 aromatic heterocycles. The third-order valence-corrected chi connectivity index (χ3v) is 5.01. The molecule has 6 heteroatoms. The Kier molecular flexibility index (Phi) is 4.26. The van der Waals surface area contributed by atoms with Crippen LogP contribution in [-0.2, 0) is 7.05 Å². The predicted molar refractivity (Wildman–Crippen MR) is 98.4 cm³/mol. The largest absolute Gasteiger partial charge is 0.494 e. The maximum Gasteiger partial charge on any atom is 0.145 e. The predicted octanol–water partition coefficient (Wildman–Crippen LogP) is 4.16. The van der Waals surface area contributed by atoms with E-state index < -0.39 is 0 Å². The quantitative estimate of drug-likeness (QED) is 0.774. The van der Waals surface area contributed by atoms with Gasteiger partial charge >= 0.3 is 0 Å². The van der Waals surface area contributed by atoms with Gasteiger partial charge in [0.25, 0.3) is 0 Å². The molecule has 0 saturated heterocycles. The van der Waals surface area contributed by atoms with Crippen LogP contribution in [0.4, 0.5) is 11.5 Å². The van der Waals surface area contributed by atoms with Gasteiger partial charge in [-0.05, 0) is 12.8 Å². The fraction of sp³-hybridized carbons (Fsp3) is 0.421. The van der Waals surface area contributed by atoms with Crippen LogP contribution in [0.3, 0.4) is 0 Å². The molecule has 1 aliphatic carbocycles. The minimum atomic E-state index is 0.556. The molecule has 0 bridgehead atoms. The first-order valence-electron chi connectivity index (χ1n) is 8.82. The van der Waals surface area contributed by atoms with Crippen molar-refractivity contribution in [3.05, 3.63) is 36.5 Å². The van der Waals surface area contributed by atoms with Crippen molar-refractivity contribution in [1.82, 2.24) is 19.5 Å². The molecule has 1 N–H and O–H groups in total. The van der Waals surface area contributed by atoms with E-state index in [1.54, 1.807) is 19.6 Å². The van der Waals surface area contributed by atoms with Gasteiger partial charge in [0.15, 0.2) is 0 Å². The Balaban J connectivity index is 1.61. The fourth-order valence-corrected chi connectivity index (χ4v) is 3.57. The number of nitrogens with zero attached hydrogens (tertiary/aromatic N) is 4. The second kappa shape index (κ2) is 6.70. The number of hydrogen-bond acceptors (Lipinski definition) is 5. The van der Waals surface area contributed by atoms with Crippen molar-refractivity contribution in [3.63, 3.8) is 0 Å². The topological polar surface area (TPSA) is 64.9 Å². The Morgan fingerprint density at radius 2 is 1.92 bits per heavy atom. The molecule has 0 amide bonds. The number of methoxy groups -OCH3 is 1. The minimum Gasteiger partial charge on any atom is -0.494 e. The Labute approximate surface area is 147 Å². The van der Waals surface area contributed by atoms with Crippen molar-refractivity contribution in [2.45, 2.75) is 38.0 Å². The third kappa shape index (κ3) is 3.16. The van der Waals surface area contributed by atoms with Crippen molar-refractivity contribution in [3.8, 4) is 5.75 Å². The van der Waals surface area contributed by atoms with Crippen molar-refractivity contribution < 1.29 is 4.74 Å². The molecule has 3 heterocycles. The van der Waals surface area contributed by atoms with Crippen LogP contribution in [0, 0.1) is 0 Å². The van der Waals surface area contributed by atoms with E-state index in [-0.39, 0.29) is 0 Å². The van der Waals surface area contributed by atoms with Crippen LogP contribution in [0.25, 0.3) is 11.0 Å². The van der Waals surface area contributed by atoms with Crippen LogP contribution >= 0.6 is 0 Å². The Bertz CT molecular complexity index is 883. The number of imidazole rings is 1. The van der Waals surface area contributed by atoms with Crippen molar-refractivity contribution in [2.24, 2.45) is 7.05 Å². The van der Waals surface area contributed by atoms with Gasteiger partial charge in [-0.15, -0.1) is 0 Å². The number of aromatic nitrogens is 4. The summed E-state index contributed by atoms with van der Waals surface area (Å²) in [5, 5.41) is 3.32. The number of hydrogen-bond donors (Lipinski definition) is 1. The molecule has 1 aliphatic rings. The van der Waals surface area contributed by atoms with Gasteiger partial charge < -0.3 is 14.6 Å². The average molecular weight is 337 g/mol. The van der Waals surface area contributed by atoms with E-state index in [0.717, 1.165) is 34.0 Å². The first-order valence-corrected chi connectivity index (χ1v) is 8.82. The third-order valence-electron chi connectivity index (χ3n) is 5.01. The second-order valence-electron chi connectivity index (χ2n) is 6.68. The minimum absolute atomic E-state index is 0.556. The first kappa shape index (κ1) is 15.9.